The molecule has 1 heterocycles. The second-order valence-electron chi connectivity index (χ2n) is 6.00. The normalized spacial score (nSPS) is 10.3. The molecule has 0 aliphatic carbocycles. The molecule has 6 heteroatoms. The zero-order valence-corrected chi connectivity index (χ0v) is 15.5. The van der Waals surface area contributed by atoms with Gasteiger partial charge in [0.25, 0.3) is 5.91 Å². The van der Waals surface area contributed by atoms with Crippen LogP contribution in [0.2, 0.25) is 5.02 Å². The third-order valence-corrected chi connectivity index (χ3v) is 4.18. The molecule has 0 atom stereocenters. The van der Waals surface area contributed by atoms with E-state index in [0.717, 1.165) is 11.3 Å². The van der Waals surface area contributed by atoms with Gasteiger partial charge in [-0.1, -0.05) is 35.9 Å². The Labute approximate surface area is 162 Å². The molecule has 0 saturated carbocycles. The number of aromatic nitrogens is 1. The molecule has 0 radical (unpaired) electrons. The maximum atomic E-state index is 12.3. The predicted octanol–water partition coefficient (Wildman–Crippen LogP) is 4.80. The SMILES string of the molecule is CC(=O)c1cccc(NC(=O)c2ccc(NCc3ccc(Cl)cc3)cn2)c1. The maximum absolute atomic E-state index is 12.3. The van der Waals surface area contributed by atoms with Gasteiger partial charge in [-0.15, -0.1) is 0 Å². The van der Waals surface area contributed by atoms with Gasteiger partial charge in [0.1, 0.15) is 5.69 Å². The van der Waals surface area contributed by atoms with Crippen LogP contribution >= 0.6 is 11.6 Å². The summed E-state index contributed by atoms with van der Waals surface area (Å²) in [4.78, 5) is 28.0. The standard InChI is InChI=1S/C21H18ClN3O2/c1-14(26)16-3-2-4-18(11-16)25-21(27)20-10-9-19(13-24-20)23-12-15-5-7-17(22)8-6-15/h2-11,13,23H,12H2,1H3,(H,25,27). The van der Waals surface area contributed by atoms with Crippen molar-refractivity contribution >= 4 is 34.7 Å². The average Bonchev–Trinajstić information content (AvgIpc) is 2.68. The van der Waals surface area contributed by atoms with Gasteiger partial charge < -0.3 is 10.6 Å². The van der Waals surface area contributed by atoms with Gasteiger partial charge in [-0.05, 0) is 48.9 Å². The minimum absolute atomic E-state index is 0.0552. The molecule has 0 saturated heterocycles. The van der Waals surface area contributed by atoms with Crippen LogP contribution in [0.15, 0.2) is 66.9 Å². The van der Waals surface area contributed by atoms with Crippen LogP contribution in [0.3, 0.4) is 0 Å². The van der Waals surface area contributed by atoms with E-state index < -0.39 is 0 Å². The molecule has 3 aromatic rings. The van der Waals surface area contributed by atoms with Crippen LogP contribution in [0.4, 0.5) is 11.4 Å². The summed E-state index contributed by atoms with van der Waals surface area (Å²) in [5, 5.41) is 6.69. The smallest absolute Gasteiger partial charge is 0.274 e. The topological polar surface area (TPSA) is 71.1 Å². The summed E-state index contributed by atoms with van der Waals surface area (Å²) in [5.74, 6) is -0.389. The van der Waals surface area contributed by atoms with Gasteiger partial charge in [-0.25, -0.2) is 4.98 Å². The molecular formula is C21H18ClN3O2. The Balaban J connectivity index is 1.60. The van der Waals surface area contributed by atoms with Crippen molar-refractivity contribution in [3.05, 3.63) is 88.7 Å². The first-order valence-corrected chi connectivity index (χ1v) is 8.76. The Hall–Kier alpha value is -3.18. The van der Waals surface area contributed by atoms with Crippen LogP contribution in [-0.4, -0.2) is 16.7 Å². The molecule has 5 nitrogen and oxygen atoms in total. The lowest BCUT2D eigenvalue weighted by Gasteiger charge is -2.08. The first kappa shape index (κ1) is 18.6. The molecule has 1 amide bonds. The number of halogens is 1. The van der Waals surface area contributed by atoms with Crippen LogP contribution in [0.1, 0.15) is 33.3 Å². The van der Waals surface area contributed by atoms with E-state index in [1.165, 1.54) is 6.92 Å². The molecule has 0 spiro atoms. The van der Waals surface area contributed by atoms with Crippen LogP contribution in [0.25, 0.3) is 0 Å². The van der Waals surface area contributed by atoms with E-state index in [-0.39, 0.29) is 11.7 Å². The highest BCUT2D eigenvalue weighted by atomic mass is 35.5. The van der Waals surface area contributed by atoms with E-state index in [1.54, 1.807) is 42.6 Å². The Morgan fingerprint density at radius 3 is 2.44 bits per heavy atom. The second-order valence-corrected chi connectivity index (χ2v) is 6.44. The lowest BCUT2D eigenvalue weighted by molar-refractivity contribution is 0.100. The monoisotopic (exact) mass is 379 g/mol. The minimum Gasteiger partial charge on any atom is -0.380 e. The number of carbonyl (C=O) groups excluding carboxylic acids is 2. The summed E-state index contributed by atoms with van der Waals surface area (Å²) in [6, 6.07) is 17.8. The first-order chi connectivity index (χ1) is 13.0. The summed E-state index contributed by atoms with van der Waals surface area (Å²) < 4.78 is 0. The van der Waals surface area contributed by atoms with Crippen molar-refractivity contribution in [2.24, 2.45) is 0 Å². The number of pyridine rings is 1. The number of carbonyl (C=O) groups is 2. The molecule has 1 aromatic heterocycles. The highest BCUT2D eigenvalue weighted by Crippen LogP contribution is 2.14. The molecule has 0 aliphatic heterocycles. The van der Waals surface area contributed by atoms with Gasteiger partial charge in [0.05, 0.1) is 11.9 Å². The molecule has 3 rings (SSSR count). The number of anilines is 2. The number of benzene rings is 2. The number of Topliss-reactive ketones (excluding diaryl/α,β-unsaturated/α-hetero) is 1. The molecule has 2 N–H and O–H groups in total. The fourth-order valence-corrected chi connectivity index (χ4v) is 2.58. The lowest BCUT2D eigenvalue weighted by atomic mass is 10.1. The number of ketones is 1. The zero-order valence-electron chi connectivity index (χ0n) is 14.7. The Kier molecular flexibility index (Phi) is 5.84. The third-order valence-electron chi connectivity index (χ3n) is 3.93. The zero-order chi connectivity index (χ0) is 19.2. The van der Waals surface area contributed by atoms with E-state index in [0.29, 0.717) is 28.5 Å². The number of nitrogens with zero attached hydrogens (tertiary/aromatic N) is 1. The number of hydrogen-bond donors (Lipinski definition) is 2. The van der Waals surface area contributed by atoms with Gasteiger partial charge in [0.15, 0.2) is 5.78 Å². The van der Waals surface area contributed by atoms with E-state index >= 15 is 0 Å². The van der Waals surface area contributed by atoms with E-state index in [1.807, 2.05) is 24.3 Å². The van der Waals surface area contributed by atoms with Crippen molar-refractivity contribution in [1.29, 1.82) is 0 Å². The van der Waals surface area contributed by atoms with Gasteiger partial charge in [-0.2, -0.15) is 0 Å². The molecular weight excluding hydrogens is 362 g/mol. The van der Waals surface area contributed by atoms with Gasteiger partial charge >= 0.3 is 0 Å². The van der Waals surface area contributed by atoms with Crippen LogP contribution < -0.4 is 10.6 Å². The molecule has 2 aromatic carbocycles. The summed E-state index contributed by atoms with van der Waals surface area (Å²) in [7, 11) is 0. The van der Waals surface area contributed by atoms with Crippen molar-refractivity contribution < 1.29 is 9.59 Å². The number of rotatable bonds is 6. The van der Waals surface area contributed by atoms with Crippen molar-refractivity contribution in [1.82, 2.24) is 4.98 Å². The molecule has 0 aliphatic rings. The number of amides is 1. The van der Waals surface area contributed by atoms with Crippen molar-refractivity contribution in [3.8, 4) is 0 Å². The van der Waals surface area contributed by atoms with E-state index in [9.17, 15) is 9.59 Å². The Morgan fingerprint density at radius 1 is 1.00 bits per heavy atom. The molecule has 0 bridgehead atoms. The van der Waals surface area contributed by atoms with Crippen molar-refractivity contribution in [2.45, 2.75) is 13.5 Å². The van der Waals surface area contributed by atoms with Gasteiger partial charge in [0, 0.05) is 22.8 Å². The number of nitrogens with one attached hydrogen (secondary N) is 2. The fraction of sp³-hybridized carbons (Fsp3) is 0.0952. The minimum atomic E-state index is -0.333. The third kappa shape index (κ3) is 5.15. The Morgan fingerprint density at radius 2 is 1.78 bits per heavy atom. The maximum Gasteiger partial charge on any atom is 0.274 e. The molecule has 27 heavy (non-hydrogen) atoms. The quantitative estimate of drug-likeness (QED) is 0.603. The Bertz CT molecular complexity index is 954. The predicted molar refractivity (Wildman–Crippen MR) is 107 cm³/mol. The molecule has 0 fully saturated rings. The fourth-order valence-electron chi connectivity index (χ4n) is 2.45. The van der Waals surface area contributed by atoms with Crippen LogP contribution in [-0.2, 0) is 6.54 Å². The first-order valence-electron chi connectivity index (χ1n) is 8.38. The summed E-state index contributed by atoms with van der Waals surface area (Å²) >= 11 is 5.87. The molecule has 0 unspecified atom stereocenters. The van der Waals surface area contributed by atoms with Gasteiger partial charge in [0.2, 0.25) is 0 Å². The summed E-state index contributed by atoms with van der Waals surface area (Å²) in [6.45, 7) is 2.11. The van der Waals surface area contributed by atoms with Gasteiger partial charge in [-0.3, -0.25) is 9.59 Å². The molecule has 136 valence electrons. The van der Waals surface area contributed by atoms with Crippen molar-refractivity contribution in [2.75, 3.05) is 10.6 Å². The lowest BCUT2D eigenvalue weighted by Crippen LogP contribution is -2.14. The van der Waals surface area contributed by atoms with Crippen LogP contribution in [0.5, 0.6) is 0 Å². The summed E-state index contributed by atoms with van der Waals surface area (Å²) in [6.07, 6.45) is 1.61. The van der Waals surface area contributed by atoms with Crippen LogP contribution in [0, 0.1) is 0 Å². The highest BCUT2D eigenvalue weighted by molar-refractivity contribution is 6.30. The van der Waals surface area contributed by atoms with E-state index in [4.69, 9.17) is 11.6 Å². The summed E-state index contributed by atoms with van der Waals surface area (Å²) in [5.41, 5.74) is 3.29. The number of hydrogen-bond acceptors (Lipinski definition) is 4. The largest absolute Gasteiger partial charge is 0.380 e. The second kappa shape index (κ2) is 8.47. The average molecular weight is 380 g/mol. The highest BCUT2D eigenvalue weighted by Gasteiger charge is 2.09. The van der Waals surface area contributed by atoms with Crippen molar-refractivity contribution in [3.63, 3.8) is 0 Å². The van der Waals surface area contributed by atoms with E-state index in [2.05, 4.69) is 15.6 Å².